The average Bonchev–Trinajstić information content (AvgIpc) is 2.43. The predicted molar refractivity (Wildman–Crippen MR) is 86.0 cm³/mol. The fourth-order valence-electron chi connectivity index (χ4n) is 1.59. The van der Waals surface area contributed by atoms with Gasteiger partial charge in [-0.3, -0.25) is 4.79 Å². The lowest BCUT2D eigenvalue weighted by molar-refractivity contribution is 0.102. The molecule has 20 heavy (non-hydrogen) atoms. The number of hydrogen-bond donors (Lipinski definition) is 1. The minimum absolute atomic E-state index is 0.334. The normalized spacial score (nSPS) is 9.90. The SMILES string of the molecule is N#Cc1cc(Br)ccc1NC(=O)c1cccc(Br)c1Cl. The van der Waals surface area contributed by atoms with Gasteiger partial charge in [-0.1, -0.05) is 33.6 Å². The molecule has 6 heteroatoms. The van der Waals surface area contributed by atoms with Gasteiger partial charge < -0.3 is 5.32 Å². The van der Waals surface area contributed by atoms with E-state index in [-0.39, 0.29) is 5.91 Å². The summed E-state index contributed by atoms with van der Waals surface area (Å²) in [6, 6.07) is 12.2. The van der Waals surface area contributed by atoms with Crippen molar-refractivity contribution in [1.29, 1.82) is 5.26 Å². The fraction of sp³-hybridized carbons (Fsp3) is 0. The highest BCUT2D eigenvalue weighted by atomic mass is 79.9. The van der Waals surface area contributed by atoms with Crippen LogP contribution >= 0.6 is 43.5 Å². The van der Waals surface area contributed by atoms with Gasteiger partial charge in [0.05, 0.1) is 21.8 Å². The van der Waals surface area contributed by atoms with E-state index in [0.29, 0.717) is 26.3 Å². The lowest BCUT2D eigenvalue weighted by Gasteiger charge is -2.09. The van der Waals surface area contributed by atoms with E-state index in [1.54, 1.807) is 36.4 Å². The number of anilines is 1. The Morgan fingerprint density at radius 1 is 1.25 bits per heavy atom. The third-order valence-electron chi connectivity index (χ3n) is 2.55. The Morgan fingerprint density at radius 2 is 2.00 bits per heavy atom. The second-order valence-electron chi connectivity index (χ2n) is 3.86. The standard InChI is InChI=1S/C14H7Br2ClN2O/c15-9-4-5-12(8(6-9)7-18)19-14(20)10-2-1-3-11(16)13(10)17/h1-6H,(H,19,20). The maximum atomic E-state index is 12.2. The molecule has 2 aromatic rings. The molecule has 1 N–H and O–H groups in total. The number of amides is 1. The predicted octanol–water partition coefficient (Wildman–Crippen LogP) is 4.99. The van der Waals surface area contributed by atoms with Gasteiger partial charge in [0.25, 0.3) is 5.91 Å². The summed E-state index contributed by atoms with van der Waals surface area (Å²) in [5, 5.41) is 12.1. The monoisotopic (exact) mass is 412 g/mol. The Labute approximate surface area is 137 Å². The van der Waals surface area contributed by atoms with Crippen LogP contribution in [0.2, 0.25) is 5.02 Å². The lowest BCUT2D eigenvalue weighted by atomic mass is 10.1. The molecule has 3 nitrogen and oxygen atoms in total. The summed E-state index contributed by atoms with van der Waals surface area (Å²) < 4.78 is 1.41. The van der Waals surface area contributed by atoms with Crippen LogP contribution in [0.5, 0.6) is 0 Å². The first kappa shape index (κ1) is 15.0. The van der Waals surface area contributed by atoms with Crippen molar-refractivity contribution < 1.29 is 4.79 Å². The third-order valence-corrected chi connectivity index (χ3v) is 4.34. The number of nitriles is 1. The molecule has 100 valence electrons. The summed E-state index contributed by atoms with van der Waals surface area (Å²) in [4.78, 5) is 12.2. The molecule has 0 aliphatic rings. The second-order valence-corrected chi connectivity index (χ2v) is 6.01. The molecule has 0 heterocycles. The third kappa shape index (κ3) is 3.21. The van der Waals surface area contributed by atoms with Gasteiger partial charge in [0, 0.05) is 8.95 Å². The molecular formula is C14H7Br2ClN2O. The summed E-state index contributed by atoms with van der Waals surface area (Å²) >= 11 is 12.6. The van der Waals surface area contributed by atoms with Gasteiger partial charge in [-0.2, -0.15) is 5.26 Å². The molecule has 0 aromatic heterocycles. The molecule has 0 fully saturated rings. The maximum Gasteiger partial charge on any atom is 0.257 e. The van der Waals surface area contributed by atoms with Crippen molar-refractivity contribution in [1.82, 2.24) is 0 Å². The van der Waals surface area contributed by atoms with E-state index in [1.807, 2.05) is 6.07 Å². The topological polar surface area (TPSA) is 52.9 Å². The average molecular weight is 414 g/mol. The Hall–Kier alpha value is -1.35. The van der Waals surface area contributed by atoms with Crippen LogP contribution in [0.1, 0.15) is 15.9 Å². The number of carbonyl (C=O) groups is 1. The van der Waals surface area contributed by atoms with Crippen molar-refractivity contribution in [3.05, 3.63) is 61.5 Å². The Kier molecular flexibility index (Phi) is 4.81. The summed E-state index contributed by atoms with van der Waals surface area (Å²) in [6.07, 6.45) is 0. The molecule has 0 radical (unpaired) electrons. The number of hydrogen-bond acceptors (Lipinski definition) is 2. The molecule has 0 spiro atoms. The van der Waals surface area contributed by atoms with E-state index in [4.69, 9.17) is 16.9 Å². The first-order valence-electron chi connectivity index (χ1n) is 5.48. The highest BCUT2D eigenvalue weighted by Crippen LogP contribution is 2.27. The van der Waals surface area contributed by atoms with Gasteiger partial charge in [-0.05, 0) is 46.3 Å². The number of halogens is 3. The van der Waals surface area contributed by atoms with Gasteiger partial charge >= 0.3 is 0 Å². The minimum Gasteiger partial charge on any atom is -0.321 e. The highest BCUT2D eigenvalue weighted by molar-refractivity contribution is 9.10. The largest absolute Gasteiger partial charge is 0.321 e. The van der Waals surface area contributed by atoms with E-state index in [0.717, 1.165) is 4.47 Å². The molecule has 0 aliphatic carbocycles. The molecule has 2 rings (SSSR count). The van der Waals surface area contributed by atoms with Crippen LogP contribution < -0.4 is 5.32 Å². The minimum atomic E-state index is -0.366. The van der Waals surface area contributed by atoms with Crippen LogP contribution in [-0.2, 0) is 0 Å². The van der Waals surface area contributed by atoms with Gasteiger partial charge in [0.2, 0.25) is 0 Å². The summed E-state index contributed by atoms with van der Waals surface area (Å²) in [6.45, 7) is 0. The molecule has 1 amide bonds. The molecular weight excluding hydrogens is 407 g/mol. The molecule has 2 aromatic carbocycles. The lowest BCUT2D eigenvalue weighted by Crippen LogP contribution is -2.13. The van der Waals surface area contributed by atoms with Crippen LogP contribution in [-0.4, -0.2) is 5.91 Å². The van der Waals surface area contributed by atoms with E-state index in [1.165, 1.54) is 0 Å². The van der Waals surface area contributed by atoms with E-state index < -0.39 is 0 Å². The molecule has 0 aliphatic heterocycles. The second kappa shape index (κ2) is 6.40. The van der Waals surface area contributed by atoms with E-state index in [2.05, 4.69) is 37.2 Å². The van der Waals surface area contributed by atoms with Crippen molar-refractivity contribution in [2.24, 2.45) is 0 Å². The summed E-state index contributed by atoms with van der Waals surface area (Å²) in [5.41, 5.74) is 1.16. The Bertz CT molecular complexity index is 726. The first-order valence-corrected chi connectivity index (χ1v) is 7.44. The molecule has 0 saturated carbocycles. The molecule has 0 atom stereocenters. The fourth-order valence-corrected chi connectivity index (χ4v) is 2.53. The van der Waals surface area contributed by atoms with Crippen molar-refractivity contribution >= 4 is 55.1 Å². The van der Waals surface area contributed by atoms with Gasteiger partial charge in [0.1, 0.15) is 6.07 Å². The van der Waals surface area contributed by atoms with E-state index in [9.17, 15) is 4.79 Å². The van der Waals surface area contributed by atoms with Crippen LogP contribution in [0.4, 0.5) is 5.69 Å². The van der Waals surface area contributed by atoms with Gasteiger partial charge in [0.15, 0.2) is 0 Å². The number of rotatable bonds is 2. The number of carbonyl (C=O) groups excluding carboxylic acids is 1. The zero-order chi connectivity index (χ0) is 14.7. The van der Waals surface area contributed by atoms with Crippen LogP contribution in [0, 0.1) is 11.3 Å². The van der Waals surface area contributed by atoms with Crippen LogP contribution in [0.3, 0.4) is 0 Å². The zero-order valence-corrected chi connectivity index (χ0v) is 13.9. The molecule has 0 unspecified atom stereocenters. The Balaban J connectivity index is 2.33. The zero-order valence-electron chi connectivity index (χ0n) is 9.95. The van der Waals surface area contributed by atoms with Crippen molar-refractivity contribution in [2.45, 2.75) is 0 Å². The maximum absolute atomic E-state index is 12.2. The number of nitrogens with one attached hydrogen (secondary N) is 1. The molecule has 0 bridgehead atoms. The quantitative estimate of drug-likeness (QED) is 0.753. The molecule has 0 saturated heterocycles. The van der Waals surface area contributed by atoms with Crippen molar-refractivity contribution in [2.75, 3.05) is 5.32 Å². The smallest absolute Gasteiger partial charge is 0.257 e. The summed E-state index contributed by atoms with van der Waals surface area (Å²) in [7, 11) is 0. The van der Waals surface area contributed by atoms with Crippen molar-refractivity contribution in [3.63, 3.8) is 0 Å². The summed E-state index contributed by atoms with van der Waals surface area (Å²) in [5.74, 6) is -0.366. The highest BCUT2D eigenvalue weighted by Gasteiger charge is 2.14. The number of nitrogens with zero attached hydrogens (tertiary/aromatic N) is 1. The number of benzene rings is 2. The van der Waals surface area contributed by atoms with Gasteiger partial charge in [-0.15, -0.1) is 0 Å². The first-order chi connectivity index (χ1) is 9.52. The van der Waals surface area contributed by atoms with Crippen molar-refractivity contribution in [3.8, 4) is 6.07 Å². The van der Waals surface area contributed by atoms with Crippen LogP contribution in [0.15, 0.2) is 45.3 Å². The van der Waals surface area contributed by atoms with E-state index >= 15 is 0 Å². The van der Waals surface area contributed by atoms with Crippen LogP contribution in [0.25, 0.3) is 0 Å². The van der Waals surface area contributed by atoms with Gasteiger partial charge in [-0.25, -0.2) is 0 Å². The Morgan fingerprint density at radius 3 is 2.70 bits per heavy atom.